The zero-order valence-electron chi connectivity index (χ0n) is 11.6. The molecular weight excluding hydrogens is 308 g/mol. The van der Waals surface area contributed by atoms with Gasteiger partial charge in [-0.2, -0.15) is 23.5 Å². The maximum absolute atomic E-state index is 5.96. The average Bonchev–Trinajstić information content (AvgIpc) is 2.81. The van der Waals surface area contributed by atoms with Gasteiger partial charge >= 0.3 is 0 Å². The molecule has 1 aromatic heterocycles. The summed E-state index contributed by atoms with van der Waals surface area (Å²) in [5.41, 5.74) is 3.66. The van der Waals surface area contributed by atoms with Crippen molar-refractivity contribution < 1.29 is 0 Å². The normalized spacial score (nSPS) is 19.6. The van der Waals surface area contributed by atoms with Gasteiger partial charge < -0.3 is 4.57 Å². The molecule has 0 radical (unpaired) electrons. The predicted molar refractivity (Wildman–Crippen MR) is 92.5 cm³/mol. The second-order valence-electron chi connectivity index (χ2n) is 5.09. The lowest BCUT2D eigenvalue weighted by molar-refractivity contribution is 0.674. The van der Waals surface area contributed by atoms with Crippen molar-refractivity contribution in [2.75, 3.05) is 23.1 Å². The van der Waals surface area contributed by atoms with Gasteiger partial charge in [0.1, 0.15) is 5.82 Å². The Hall–Kier alpha value is -0.320. The van der Waals surface area contributed by atoms with E-state index in [-0.39, 0.29) is 0 Å². The molecule has 2 aromatic rings. The van der Waals surface area contributed by atoms with Gasteiger partial charge in [0.25, 0.3) is 0 Å². The molecule has 1 fully saturated rings. The number of benzene rings is 1. The van der Waals surface area contributed by atoms with Gasteiger partial charge in [0.2, 0.25) is 0 Å². The first-order valence-corrected chi connectivity index (χ1v) is 9.73. The standard InChI is InChI=1S/C15H19ClN2S2/c1-11-3-2-4-13-15(11)17-14(5-6-16)18(13)9-12-10-19-7-8-20-12/h2-4,12H,5-10H2,1H3. The Balaban J connectivity index is 1.97. The zero-order chi connectivity index (χ0) is 13.9. The molecule has 0 saturated carbocycles. The predicted octanol–water partition coefficient (Wildman–Crippen LogP) is 3.97. The van der Waals surface area contributed by atoms with E-state index in [2.05, 4.69) is 53.2 Å². The van der Waals surface area contributed by atoms with Gasteiger partial charge in [-0.15, -0.1) is 11.6 Å². The first-order chi connectivity index (χ1) is 9.79. The number of hydrogen-bond donors (Lipinski definition) is 0. The summed E-state index contributed by atoms with van der Waals surface area (Å²) in [5, 5.41) is 0.695. The van der Waals surface area contributed by atoms with E-state index in [0.29, 0.717) is 11.1 Å². The Morgan fingerprint density at radius 2 is 2.30 bits per heavy atom. The summed E-state index contributed by atoms with van der Waals surface area (Å²) < 4.78 is 2.40. The van der Waals surface area contributed by atoms with Crippen molar-refractivity contribution in [1.82, 2.24) is 9.55 Å². The third kappa shape index (κ3) is 2.97. The largest absolute Gasteiger partial charge is 0.327 e. The summed E-state index contributed by atoms with van der Waals surface area (Å²) in [6.07, 6.45) is 0.847. The van der Waals surface area contributed by atoms with Gasteiger partial charge in [-0.25, -0.2) is 4.98 Å². The van der Waals surface area contributed by atoms with E-state index in [9.17, 15) is 0 Å². The number of hydrogen-bond acceptors (Lipinski definition) is 3. The fourth-order valence-electron chi connectivity index (χ4n) is 2.66. The van der Waals surface area contributed by atoms with Crippen LogP contribution in [0.1, 0.15) is 11.4 Å². The van der Waals surface area contributed by atoms with Crippen LogP contribution in [0.2, 0.25) is 0 Å². The Morgan fingerprint density at radius 1 is 1.40 bits per heavy atom. The fraction of sp³-hybridized carbons (Fsp3) is 0.533. The molecule has 1 aliphatic heterocycles. The third-order valence-corrected chi connectivity index (χ3v) is 6.67. The van der Waals surface area contributed by atoms with E-state index < -0.39 is 0 Å². The topological polar surface area (TPSA) is 17.8 Å². The Kier molecular flexibility index (Phi) is 4.84. The minimum absolute atomic E-state index is 0.634. The van der Waals surface area contributed by atoms with Crippen LogP contribution < -0.4 is 0 Å². The monoisotopic (exact) mass is 326 g/mol. The van der Waals surface area contributed by atoms with Crippen LogP contribution in [0.3, 0.4) is 0 Å². The number of alkyl halides is 1. The van der Waals surface area contributed by atoms with E-state index in [0.717, 1.165) is 24.3 Å². The quantitative estimate of drug-likeness (QED) is 0.792. The molecule has 1 atom stereocenters. The molecule has 0 N–H and O–H groups in total. The van der Waals surface area contributed by atoms with Crippen molar-refractivity contribution in [3.8, 4) is 0 Å². The van der Waals surface area contributed by atoms with Crippen LogP contribution >= 0.6 is 35.1 Å². The fourth-order valence-corrected chi connectivity index (χ4v) is 5.48. The highest BCUT2D eigenvalue weighted by molar-refractivity contribution is 8.06. The number of imidazole rings is 1. The van der Waals surface area contributed by atoms with Gasteiger partial charge in [0, 0.05) is 41.4 Å². The molecule has 0 bridgehead atoms. The lowest BCUT2D eigenvalue weighted by Gasteiger charge is -2.22. The third-order valence-electron chi connectivity index (χ3n) is 3.65. The molecule has 2 heterocycles. The smallest absolute Gasteiger partial charge is 0.111 e. The maximum atomic E-state index is 5.96. The second kappa shape index (κ2) is 6.63. The number of halogens is 1. The molecule has 3 rings (SSSR count). The van der Waals surface area contributed by atoms with E-state index in [1.165, 1.54) is 28.3 Å². The number of para-hydroxylation sites is 1. The Morgan fingerprint density at radius 3 is 3.05 bits per heavy atom. The van der Waals surface area contributed by atoms with Crippen LogP contribution in [-0.2, 0) is 13.0 Å². The van der Waals surface area contributed by atoms with Gasteiger partial charge in [-0.05, 0) is 18.6 Å². The molecule has 5 heteroatoms. The number of aryl methyl sites for hydroxylation is 2. The second-order valence-corrected chi connectivity index (χ2v) is 8.02. The lowest BCUT2D eigenvalue weighted by atomic mass is 10.2. The molecule has 0 aliphatic carbocycles. The van der Waals surface area contributed by atoms with Crippen molar-refractivity contribution in [2.24, 2.45) is 0 Å². The maximum Gasteiger partial charge on any atom is 0.111 e. The summed E-state index contributed by atoms with van der Waals surface area (Å²) >= 11 is 10.1. The molecule has 1 aromatic carbocycles. The zero-order valence-corrected chi connectivity index (χ0v) is 14.0. The lowest BCUT2D eigenvalue weighted by Crippen LogP contribution is -2.21. The van der Waals surface area contributed by atoms with E-state index >= 15 is 0 Å². The van der Waals surface area contributed by atoms with Gasteiger partial charge in [-0.1, -0.05) is 12.1 Å². The van der Waals surface area contributed by atoms with E-state index in [1.807, 2.05) is 0 Å². The SMILES string of the molecule is Cc1cccc2c1nc(CCCl)n2CC1CSCCS1. The van der Waals surface area contributed by atoms with Crippen molar-refractivity contribution in [1.29, 1.82) is 0 Å². The van der Waals surface area contributed by atoms with Crippen LogP contribution in [0.5, 0.6) is 0 Å². The Bertz CT molecular complexity index is 591. The molecule has 108 valence electrons. The number of nitrogens with zero attached hydrogens (tertiary/aromatic N) is 2. The molecule has 1 saturated heterocycles. The average molecular weight is 327 g/mol. The van der Waals surface area contributed by atoms with E-state index in [4.69, 9.17) is 16.6 Å². The van der Waals surface area contributed by atoms with Crippen LogP contribution in [0.4, 0.5) is 0 Å². The molecule has 2 nitrogen and oxygen atoms in total. The number of thioether (sulfide) groups is 2. The van der Waals surface area contributed by atoms with Crippen LogP contribution in [0, 0.1) is 6.92 Å². The highest BCUT2D eigenvalue weighted by atomic mass is 35.5. The molecule has 1 aliphatic rings. The minimum Gasteiger partial charge on any atom is -0.327 e. The summed E-state index contributed by atoms with van der Waals surface area (Å²) in [6.45, 7) is 3.19. The van der Waals surface area contributed by atoms with Crippen molar-refractivity contribution >= 4 is 46.2 Å². The molecule has 20 heavy (non-hydrogen) atoms. The van der Waals surface area contributed by atoms with E-state index in [1.54, 1.807) is 0 Å². The van der Waals surface area contributed by atoms with Crippen LogP contribution in [0.15, 0.2) is 18.2 Å². The molecule has 0 spiro atoms. The Labute approximate surface area is 133 Å². The van der Waals surface area contributed by atoms with Crippen LogP contribution in [-0.4, -0.2) is 37.9 Å². The highest BCUT2D eigenvalue weighted by Crippen LogP contribution is 2.28. The summed E-state index contributed by atoms with van der Waals surface area (Å²) in [5.74, 6) is 5.58. The first kappa shape index (κ1) is 14.6. The minimum atomic E-state index is 0.634. The highest BCUT2D eigenvalue weighted by Gasteiger charge is 2.19. The molecular formula is C15H19ClN2S2. The summed E-state index contributed by atoms with van der Waals surface area (Å²) in [6, 6.07) is 6.45. The first-order valence-electron chi connectivity index (χ1n) is 6.99. The molecule has 0 amide bonds. The summed E-state index contributed by atoms with van der Waals surface area (Å²) in [7, 11) is 0. The van der Waals surface area contributed by atoms with Crippen molar-refractivity contribution in [3.63, 3.8) is 0 Å². The van der Waals surface area contributed by atoms with Gasteiger partial charge in [0.05, 0.1) is 11.0 Å². The van der Waals surface area contributed by atoms with Gasteiger partial charge in [0.15, 0.2) is 0 Å². The number of fused-ring (bicyclic) bond motifs is 1. The number of rotatable bonds is 4. The van der Waals surface area contributed by atoms with Crippen LogP contribution in [0.25, 0.3) is 11.0 Å². The van der Waals surface area contributed by atoms with Gasteiger partial charge in [-0.3, -0.25) is 0 Å². The number of aromatic nitrogens is 2. The summed E-state index contributed by atoms with van der Waals surface area (Å²) in [4.78, 5) is 4.83. The van der Waals surface area contributed by atoms with Crippen molar-refractivity contribution in [3.05, 3.63) is 29.6 Å². The van der Waals surface area contributed by atoms with Crippen molar-refractivity contribution in [2.45, 2.75) is 25.1 Å². The molecule has 1 unspecified atom stereocenters.